The Morgan fingerprint density at radius 3 is 2.69 bits per heavy atom. The second-order valence-electron chi connectivity index (χ2n) is 5.03. The van der Waals surface area contributed by atoms with E-state index in [4.69, 9.17) is 22.8 Å². The fraction of sp³-hybridized carbons (Fsp3) is 0.125. The zero-order chi connectivity index (χ0) is 19.1. The summed E-state index contributed by atoms with van der Waals surface area (Å²) >= 11 is 5.86. The molecule has 0 spiro atoms. The van der Waals surface area contributed by atoms with Crippen molar-refractivity contribution in [3.05, 3.63) is 57.5 Å². The molecule has 0 fully saturated rings. The maximum Gasteiger partial charge on any atom is 0.432 e. The molecule has 0 atom stereocenters. The highest BCUT2D eigenvalue weighted by molar-refractivity contribution is 6.32. The van der Waals surface area contributed by atoms with E-state index < -0.39 is 29.0 Å². The van der Waals surface area contributed by atoms with Gasteiger partial charge in [-0.1, -0.05) is 17.5 Å². The Morgan fingerprint density at radius 1 is 1.31 bits per heavy atom. The van der Waals surface area contributed by atoms with Gasteiger partial charge in [0.25, 0.3) is 5.56 Å². The van der Waals surface area contributed by atoms with E-state index in [0.717, 1.165) is 24.5 Å². The fourth-order valence-electron chi connectivity index (χ4n) is 2.36. The molecule has 0 aliphatic carbocycles. The maximum absolute atomic E-state index is 14.4. The van der Waals surface area contributed by atoms with Gasteiger partial charge in [-0.15, -0.1) is 6.42 Å². The number of fused-ring (bicyclic) bond motifs is 1. The first kappa shape index (κ1) is 17.8. The normalized spacial score (nSPS) is 11.5. The number of terminal acetylenes is 1. The molecule has 0 saturated heterocycles. The number of halogens is 5. The largest absolute Gasteiger partial charge is 0.479 e. The van der Waals surface area contributed by atoms with Crippen molar-refractivity contribution in [1.82, 2.24) is 14.0 Å². The molecule has 5 nitrogen and oxygen atoms in total. The third-order valence-corrected chi connectivity index (χ3v) is 3.70. The van der Waals surface area contributed by atoms with E-state index >= 15 is 0 Å². The summed E-state index contributed by atoms with van der Waals surface area (Å²) in [6.45, 7) is -0.175. The van der Waals surface area contributed by atoms with Crippen LogP contribution in [0.15, 0.2) is 35.4 Å². The number of rotatable bonds is 3. The topological polar surface area (TPSA) is 48.5 Å². The average molecular weight is 386 g/mol. The van der Waals surface area contributed by atoms with Gasteiger partial charge in [0.1, 0.15) is 23.9 Å². The molecule has 0 N–H and O–H groups in total. The van der Waals surface area contributed by atoms with Crippen LogP contribution in [0.25, 0.3) is 11.5 Å². The number of ether oxygens (including phenoxy) is 1. The van der Waals surface area contributed by atoms with Crippen LogP contribution in [0.5, 0.6) is 5.75 Å². The first-order chi connectivity index (χ1) is 12.2. The summed E-state index contributed by atoms with van der Waals surface area (Å²) in [5.74, 6) is 0.792. The van der Waals surface area contributed by atoms with Crippen molar-refractivity contribution in [3.8, 4) is 23.8 Å². The number of aromatic nitrogens is 3. The van der Waals surface area contributed by atoms with Crippen molar-refractivity contribution in [2.24, 2.45) is 0 Å². The molecule has 2 heterocycles. The fourth-order valence-corrected chi connectivity index (χ4v) is 2.57. The van der Waals surface area contributed by atoms with Gasteiger partial charge in [-0.25, -0.2) is 13.9 Å². The predicted molar refractivity (Wildman–Crippen MR) is 85.1 cm³/mol. The number of hydrogen-bond acceptors (Lipinski definition) is 3. The molecule has 0 aliphatic heterocycles. The van der Waals surface area contributed by atoms with E-state index in [9.17, 15) is 22.4 Å². The minimum atomic E-state index is -4.79. The smallest absolute Gasteiger partial charge is 0.432 e. The maximum atomic E-state index is 14.4. The first-order valence-corrected chi connectivity index (χ1v) is 7.34. The van der Waals surface area contributed by atoms with Crippen LogP contribution in [0.1, 0.15) is 5.69 Å². The van der Waals surface area contributed by atoms with Gasteiger partial charge in [0.05, 0.1) is 10.7 Å². The van der Waals surface area contributed by atoms with Gasteiger partial charge >= 0.3 is 6.18 Å². The summed E-state index contributed by atoms with van der Waals surface area (Å²) in [6.07, 6.45) is 2.36. The molecule has 0 saturated carbocycles. The van der Waals surface area contributed by atoms with Crippen molar-refractivity contribution >= 4 is 17.4 Å². The molecule has 10 heteroatoms. The van der Waals surface area contributed by atoms with Gasteiger partial charge < -0.3 is 4.74 Å². The van der Waals surface area contributed by atoms with E-state index in [-0.39, 0.29) is 23.1 Å². The second kappa shape index (κ2) is 6.38. The van der Waals surface area contributed by atoms with E-state index in [0.29, 0.717) is 15.0 Å². The lowest BCUT2D eigenvalue weighted by molar-refractivity contribution is -0.142. The average Bonchev–Trinajstić information content (AvgIpc) is 3.02. The minimum absolute atomic E-state index is 0.0301. The Morgan fingerprint density at radius 2 is 2.04 bits per heavy atom. The summed E-state index contributed by atoms with van der Waals surface area (Å²) in [6, 6.07) is 2.29. The van der Waals surface area contributed by atoms with Crippen LogP contribution in [0.4, 0.5) is 17.6 Å². The summed E-state index contributed by atoms with van der Waals surface area (Å²) in [4.78, 5) is 16.0. The summed E-state index contributed by atoms with van der Waals surface area (Å²) < 4.78 is 60.2. The van der Waals surface area contributed by atoms with Gasteiger partial charge in [-0.3, -0.25) is 9.20 Å². The van der Waals surface area contributed by atoms with Crippen LogP contribution < -0.4 is 10.3 Å². The molecule has 3 rings (SSSR count). The lowest BCUT2D eigenvalue weighted by atomic mass is 10.2. The quantitative estimate of drug-likeness (QED) is 0.513. The van der Waals surface area contributed by atoms with Crippen LogP contribution in [0, 0.1) is 18.2 Å². The second-order valence-corrected chi connectivity index (χ2v) is 5.43. The summed E-state index contributed by atoms with van der Waals surface area (Å²) in [5.41, 5.74) is -2.74. The van der Waals surface area contributed by atoms with Gasteiger partial charge in [0.15, 0.2) is 0 Å². The lowest BCUT2D eigenvalue weighted by Crippen LogP contribution is -2.26. The molecular weight excluding hydrogens is 378 g/mol. The van der Waals surface area contributed by atoms with E-state index in [1.807, 2.05) is 0 Å². The van der Waals surface area contributed by atoms with Gasteiger partial charge in [-0.2, -0.15) is 13.2 Å². The first-order valence-electron chi connectivity index (χ1n) is 6.96. The highest BCUT2D eigenvalue weighted by atomic mass is 35.5. The van der Waals surface area contributed by atoms with Crippen molar-refractivity contribution in [3.63, 3.8) is 0 Å². The third-order valence-electron chi connectivity index (χ3n) is 3.41. The van der Waals surface area contributed by atoms with Crippen LogP contribution in [-0.2, 0) is 6.18 Å². The SMILES string of the molecule is C#CCOc1cc(-n2c(=O)cc(C(F)(F)F)n3ccnc23)c(F)cc1Cl. The molecule has 0 radical (unpaired) electrons. The molecular formula is C16H8ClF4N3O2. The Kier molecular flexibility index (Phi) is 4.38. The Hall–Kier alpha value is -2.99. The molecule has 0 amide bonds. The molecule has 134 valence electrons. The number of hydrogen-bond donors (Lipinski definition) is 0. The monoisotopic (exact) mass is 385 g/mol. The number of imidazole rings is 1. The van der Waals surface area contributed by atoms with E-state index in [1.54, 1.807) is 0 Å². The molecule has 26 heavy (non-hydrogen) atoms. The lowest BCUT2D eigenvalue weighted by Gasteiger charge is -2.15. The van der Waals surface area contributed by atoms with Crippen LogP contribution in [0.2, 0.25) is 5.02 Å². The van der Waals surface area contributed by atoms with Crippen molar-refractivity contribution in [2.75, 3.05) is 6.61 Å². The van der Waals surface area contributed by atoms with Crippen molar-refractivity contribution < 1.29 is 22.3 Å². The summed E-state index contributed by atoms with van der Waals surface area (Å²) in [5, 5.41) is -0.110. The van der Waals surface area contributed by atoms with Crippen LogP contribution in [-0.4, -0.2) is 20.6 Å². The van der Waals surface area contributed by atoms with E-state index in [1.165, 1.54) is 0 Å². The number of nitrogens with zero attached hydrogens (tertiary/aromatic N) is 3. The third kappa shape index (κ3) is 2.99. The predicted octanol–water partition coefficient (Wildman–Crippen LogP) is 3.31. The standard InChI is InChI=1S/C16H8ClF4N3O2/c1-2-5-26-12-7-11(10(18)6-9(12)17)24-14(25)8-13(16(19,20)21)23-4-3-22-15(23)24/h1,3-4,6-8H,5H2. The van der Waals surface area contributed by atoms with Gasteiger partial charge in [-0.05, 0) is 6.07 Å². The molecule has 0 unspecified atom stereocenters. The zero-order valence-electron chi connectivity index (χ0n) is 12.7. The Balaban J connectivity index is 2.31. The highest BCUT2D eigenvalue weighted by Gasteiger charge is 2.35. The molecule has 1 aromatic carbocycles. The van der Waals surface area contributed by atoms with Gasteiger partial charge in [0, 0.05) is 24.5 Å². The number of alkyl halides is 3. The molecule has 3 aromatic rings. The van der Waals surface area contributed by atoms with E-state index in [2.05, 4.69) is 10.9 Å². The zero-order valence-corrected chi connectivity index (χ0v) is 13.5. The molecule has 0 bridgehead atoms. The van der Waals surface area contributed by atoms with Gasteiger partial charge in [0.2, 0.25) is 5.78 Å². The minimum Gasteiger partial charge on any atom is -0.479 e. The molecule has 0 aliphatic rings. The highest BCUT2D eigenvalue weighted by Crippen LogP contribution is 2.32. The summed E-state index contributed by atoms with van der Waals surface area (Å²) in [7, 11) is 0. The molecule has 2 aromatic heterocycles. The number of benzene rings is 1. The van der Waals surface area contributed by atoms with Crippen LogP contribution in [0.3, 0.4) is 0 Å². The van der Waals surface area contributed by atoms with Crippen LogP contribution >= 0.6 is 11.6 Å². The Labute approximate surface area is 148 Å². The Bertz CT molecular complexity index is 1100. The van der Waals surface area contributed by atoms with Crippen molar-refractivity contribution in [2.45, 2.75) is 6.18 Å². The van der Waals surface area contributed by atoms with Crippen molar-refractivity contribution in [1.29, 1.82) is 0 Å².